The van der Waals surface area contributed by atoms with E-state index in [9.17, 15) is 4.79 Å². The van der Waals surface area contributed by atoms with Crippen LogP contribution in [-0.2, 0) is 4.79 Å². The van der Waals surface area contributed by atoms with E-state index in [1.54, 1.807) is 0 Å². The Kier molecular flexibility index (Phi) is 4.48. The first-order chi connectivity index (χ1) is 9.09. The zero-order valence-corrected chi connectivity index (χ0v) is 12.0. The number of amides is 1. The van der Waals surface area contributed by atoms with Crippen molar-refractivity contribution in [3.63, 3.8) is 0 Å². The van der Waals surface area contributed by atoms with Gasteiger partial charge >= 0.3 is 0 Å². The molecule has 0 heterocycles. The van der Waals surface area contributed by atoms with Gasteiger partial charge in [0.15, 0.2) is 0 Å². The van der Waals surface area contributed by atoms with Crippen LogP contribution >= 0.6 is 11.6 Å². The number of hydrogen-bond donors (Lipinski definition) is 2. The Hall–Kier alpha value is -1.06. The van der Waals surface area contributed by atoms with Gasteiger partial charge in [0.25, 0.3) is 0 Å². The average Bonchev–Trinajstić information content (AvgIpc) is 2.89. The van der Waals surface area contributed by atoms with Crippen molar-refractivity contribution in [3.8, 4) is 0 Å². The van der Waals surface area contributed by atoms with Crippen LogP contribution in [0, 0.1) is 5.41 Å². The Labute approximate surface area is 119 Å². The molecule has 1 amide bonds. The normalized spacial score (nSPS) is 19.1. The summed E-state index contributed by atoms with van der Waals surface area (Å²) >= 11 is 6.15. The zero-order chi connectivity index (χ0) is 13.9. The van der Waals surface area contributed by atoms with Crippen molar-refractivity contribution in [2.75, 3.05) is 6.54 Å². The van der Waals surface area contributed by atoms with Crippen molar-refractivity contribution in [2.45, 2.75) is 38.6 Å². The van der Waals surface area contributed by atoms with Crippen molar-refractivity contribution in [2.24, 2.45) is 11.1 Å². The van der Waals surface area contributed by atoms with Crippen LogP contribution < -0.4 is 11.1 Å². The molecular weight excluding hydrogens is 260 g/mol. The number of nitrogens with one attached hydrogen (secondary N) is 1. The summed E-state index contributed by atoms with van der Waals surface area (Å²) < 4.78 is 0. The van der Waals surface area contributed by atoms with E-state index in [1.165, 1.54) is 0 Å². The predicted molar refractivity (Wildman–Crippen MR) is 78.0 cm³/mol. The molecule has 3 N–H and O–H groups in total. The molecule has 0 radical (unpaired) electrons. The molecule has 1 aromatic rings. The molecule has 0 bridgehead atoms. The van der Waals surface area contributed by atoms with Crippen molar-refractivity contribution < 1.29 is 4.79 Å². The van der Waals surface area contributed by atoms with E-state index >= 15 is 0 Å². The third-order valence-corrected chi connectivity index (χ3v) is 4.50. The summed E-state index contributed by atoms with van der Waals surface area (Å²) in [6.45, 7) is 2.38. The largest absolute Gasteiger partial charge is 0.349 e. The highest BCUT2D eigenvalue weighted by molar-refractivity contribution is 6.31. The molecule has 1 saturated carbocycles. The summed E-state index contributed by atoms with van der Waals surface area (Å²) in [7, 11) is 0. The fourth-order valence-corrected chi connectivity index (χ4v) is 3.13. The number of halogens is 1. The minimum atomic E-state index is -0.366. The van der Waals surface area contributed by atoms with Crippen LogP contribution in [0.5, 0.6) is 0 Å². The van der Waals surface area contributed by atoms with Crippen molar-refractivity contribution in [1.82, 2.24) is 5.32 Å². The molecular formula is C15H21ClN2O. The highest BCUT2D eigenvalue weighted by Crippen LogP contribution is 2.38. The van der Waals surface area contributed by atoms with Crippen molar-refractivity contribution in [1.29, 1.82) is 0 Å². The van der Waals surface area contributed by atoms with E-state index < -0.39 is 0 Å². The van der Waals surface area contributed by atoms with E-state index in [1.807, 2.05) is 31.2 Å². The van der Waals surface area contributed by atoms with E-state index in [-0.39, 0.29) is 17.4 Å². The van der Waals surface area contributed by atoms with Crippen molar-refractivity contribution in [3.05, 3.63) is 34.9 Å². The Balaban J connectivity index is 2.08. The topological polar surface area (TPSA) is 55.1 Å². The van der Waals surface area contributed by atoms with Gasteiger partial charge in [0.2, 0.25) is 5.91 Å². The van der Waals surface area contributed by atoms with Gasteiger partial charge in [0, 0.05) is 11.6 Å². The number of nitrogens with two attached hydrogens (primary N) is 1. The molecule has 1 aliphatic carbocycles. The SMILES string of the molecule is C[C@@H](NC(=O)C1(CN)CCCC1)c1ccccc1Cl. The molecule has 104 valence electrons. The summed E-state index contributed by atoms with van der Waals surface area (Å²) in [6.07, 6.45) is 3.96. The lowest BCUT2D eigenvalue weighted by Gasteiger charge is -2.28. The van der Waals surface area contributed by atoms with Crippen LogP contribution in [0.3, 0.4) is 0 Å². The lowest BCUT2D eigenvalue weighted by molar-refractivity contribution is -0.131. The van der Waals surface area contributed by atoms with Gasteiger partial charge in [0.05, 0.1) is 11.5 Å². The lowest BCUT2D eigenvalue weighted by Crippen LogP contribution is -2.45. The molecule has 0 unspecified atom stereocenters. The zero-order valence-electron chi connectivity index (χ0n) is 11.3. The third-order valence-electron chi connectivity index (χ3n) is 4.15. The third kappa shape index (κ3) is 2.93. The molecule has 2 rings (SSSR count). The molecule has 1 aliphatic rings. The highest BCUT2D eigenvalue weighted by Gasteiger charge is 2.40. The summed E-state index contributed by atoms with van der Waals surface area (Å²) in [4.78, 5) is 12.5. The fourth-order valence-electron chi connectivity index (χ4n) is 2.83. The molecule has 1 atom stereocenters. The molecule has 4 heteroatoms. The molecule has 1 fully saturated rings. The molecule has 0 aromatic heterocycles. The van der Waals surface area contributed by atoms with Crippen LogP contribution in [0.15, 0.2) is 24.3 Å². The van der Waals surface area contributed by atoms with Gasteiger partial charge < -0.3 is 11.1 Å². The van der Waals surface area contributed by atoms with E-state index in [0.717, 1.165) is 31.2 Å². The smallest absolute Gasteiger partial charge is 0.227 e. The molecule has 0 spiro atoms. The van der Waals surface area contributed by atoms with Gasteiger partial charge in [-0.15, -0.1) is 0 Å². The summed E-state index contributed by atoms with van der Waals surface area (Å²) in [5.74, 6) is 0.0694. The summed E-state index contributed by atoms with van der Waals surface area (Å²) in [5.41, 5.74) is 6.41. The Bertz CT molecular complexity index is 455. The highest BCUT2D eigenvalue weighted by atomic mass is 35.5. The Morgan fingerprint density at radius 2 is 2.05 bits per heavy atom. The van der Waals surface area contributed by atoms with E-state index in [2.05, 4.69) is 5.32 Å². The summed E-state index contributed by atoms with van der Waals surface area (Å²) in [5, 5.41) is 3.75. The van der Waals surface area contributed by atoms with Gasteiger partial charge in [-0.3, -0.25) is 4.79 Å². The predicted octanol–water partition coefficient (Wildman–Crippen LogP) is 3.04. The fraction of sp³-hybridized carbons (Fsp3) is 0.533. The minimum absolute atomic E-state index is 0.0694. The Morgan fingerprint density at radius 1 is 1.42 bits per heavy atom. The van der Waals surface area contributed by atoms with Crippen LogP contribution in [0.4, 0.5) is 0 Å². The molecule has 0 aliphatic heterocycles. The maximum atomic E-state index is 12.5. The molecule has 3 nitrogen and oxygen atoms in total. The molecule has 1 aromatic carbocycles. The van der Waals surface area contributed by atoms with Gasteiger partial charge in [-0.1, -0.05) is 42.6 Å². The van der Waals surface area contributed by atoms with Gasteiger partial charge in [0.1, 0.15) is 0 Å². The number of carbonyl (C=O) groups is 1. The number of rotatable bonds is 4. The average molecular weight is 281 g/mol. The second kappa shape index (κ2) is 5.93. The van der Waals surface area contributed by atoms with Crippen LogP contribution in [0.25, 0.3) is 0 Å². The minimum Gasteiger partial charge on any atom is -0.349 e. The number of benzene rings is 1. The molecule has 0 saturated heterocycles. The van der Waals surface area contributed by atoms with E-state index in [4.69, 9.17) is 17.3 Å². The maximum Gasteiger partial charge on any atom is 0.227 e. The van der Waals surface area contributed by atoms with Gasteiger partial charge in [-0.05, 0) is 31.4 Å². The van der Waals surface area contributed by atoms with Gasteiger partial charge in [-0.2, -0.15) is 0 Å². The second-order valence-electron chi connectivity index (χ2n) is 5.41. The summed E-state index contributed by atoms with van der Waals surface area (Å²) in [6, 6.07) is 7.51. The quantitative estimate of drug-likeness (QED) is 0.891. The first kappa shape index (κ1) is 14.4. The standard InChI is InChI=1S/C15H21ClN2O/c1-11(12-6-2-3-7-13(12)16)18-14(19)15(10-17)8-4-5-9-15/h2-3,6-7,11H,4-5,8-10,17H2,1H3,(H,18,19)/t11-/m1/s1. The first-order valence-electron chi connectivity index (χ1n) is 6.84. The first-order valence-corrected chi connectivity index (χ1v) is 7.22. The van der Waals surface area contributed by atoms with Crippen LogP contribution in [0.2, 0.25) is 5.02 Å². The van der Waals surface area contributed by atoms with Crippen molar-refractivity contribution >= 4 is 17.5 Å². The number of hydrogen-bond acceptors (Lipinski definition) is 2. The van der Waals surface area contributed by atoms with Crippen LogP contribution in [-0.4, -0.2) is 12.5 Å². The van der Waals surface area contributed by atoms with E-state index in [0.29, 0.717) is 11.6 Å². The lowest BCUT2D eigenvalue weighted by atomic mass is 9.85. The maximum absolute atomic E-state index is 12.5. The molecule has 19 heavy (non-hydrogen) atoms. The van der Waals surface area contributed by atoms with Gasteiger partial charge in [-0.25, -0.2) is 0 Å². The van der Waals surface area contributed by atoms with Crippen LogP contribution in [0.1, 0.15) is 44.2 Å². The Morgan fingerprint density at radius 3 is 2.63 bits per heavy atom. The monoisotopic (exact) mass is 280 g/mol. The number of carbonyl (C=O) groups excluding carboxylic acids is 1. The second-order valence-corrected chi connectivity index (χ2v) is 5.82.